The summed E-state index contributed by atoms with van der Waals surface area (Å²) in [5.74, 6) is -1.58. The van der Waals surface area contributed by atoms with Gasteiger partial charge >= 0.3 is 0 Å². The van der Waals surface area contributed by atoms with Crippen LogP contribution in [0.1, 0.15) is 29.8 Å². The normalized spacial score (nSPS) is 10.4. The molecule has 0 bridgehead atoms. The number of aliphatic hydroxyl groups excluding tert-OH is 1. The number of hydroxylamine groups is 1. The minimum absolute atomic E-state index is 0.0393. The van der Waals surface area contributed by atoms with E-state index in [4.69, 9.17) is 9.94 Å². The number of pyridine rings is 1. The summed E-state index contributed by atoms with van der Waals surface area (Å²) in [6, 6.07) is 5.78. The zero-order valence-electron chi connectivity index (χ0n) is 16.7. The highest BCUT2D eigenvalue weighted by Gasteiger charge is 2.24. The average molecular weight is 406 g/mol. The third-order valence-electron chi connectivity index (χ3n) is 3.96. The van der Waals surface area contributed by atoms with Crippen molar-refractivity contribution in [3.63, 3.8) is 0 Å². The van der Waals surface area contributed by atoms with E-state index in [1.165, 1.54) is 16.7 Å². The molecule has 0 atom stereocenters. The predicted molar refractivity (Wildman–Crippen MR) is 107 cm³/mol. The largest absolute Gasteiger partial charge is 0.394 e. The van der Waals surface area contributed by atoms with Crippen molar-refractivity contribution in [1.29, 1.82) is 0 Å². The van der Waals surface area contributed by atoms with E-state index in [9.17, 15) is 13.6 Å². The number of hydrogen-bond acceptors (Lipinski definition) is 5. The predicted octanol–water partition coefficient (Wildman–Crippen LogP) is 3.58. The molecule has 156 valence electrons. The van der Waals surface area contributed by atoms with Crippen molar-refractivity contribution >= 4 is 28.4 Å². The van der Waals surface area contributed by atoms with Crippen molar-refractivity contribution in [3.05, 3.63) is 53.2 Å². The van der Waals surface area contributed by atoms with Gasteiger partial charge in [0.25, 0.3) is 5.91 Å². The second-order valence-electron chi connectivity index (χ2n) is 5.92. The van der Waals surface area contributed by atoms with Crippen LogP contribution in [0, 0.1) is 18.6 Å². The van der Waals surface area contributed by atoms with E-state index in [1.54, 1.807) is 26.1 Å². The number of halogens is 2. The first-order valence-electron chi connectivity index (χ1n) is 9.12. The number of aryl methyl sites for hydroxylation is 2. The van der Waals surface area contributed by atoms with Crippen molar-refractivity contribution in [2.45, 2.75) is 20.8 Å². The molecule has 9 heteroatoms. The average Bonchev–Trinajstić information content (AvgIpc) is 2.97. The first kappa shape index (κ1) is 22.3. The van der Waals surface area contributed by atoms with Gasteiger partial charge in [-0.3, -0.25) is 9.63 Å². The lowest BCUT2D eigenvalue weighted by Crippen LogP contribution is -2.25. The van der Waals surface area contributed by atoms with Gasteiger partial charge in [0.05, 0.1) is 30.7 Å². The third kappa shape index (κ3) is 4.87. The molecule has 0 fully saturated rings. The van der Waals surface area contributed by atoms with Gasteiger partial charge in [0.2, 0.25) is 0 Å². The third-order valence-corrected chi connectivity index (χ3v) is 3.96. The Bertz CT molecular complexity index is 1010. The fourth-order valence-corrected chi connectivity index (χ4v) is 2.72. The van der Waals surface area contributed by atoms with Gasteiger partial charge in [0, 0.05) is 12.4 Å². The van der Waals surface area contributed by atoms with Gasteiger partial charge in [-0.15, -0.1) is 0 Å². The molecule has 0 radical (unpaired) electrons. The summed E-state index contributed by atoms with van der Waals surface area (Å²) in [5.41, 5.74) is 3.44. The maximum absolute atomic E-state index is 14.3. The minimum atomic E-state index is -0.684. The van der Waals surface area contributed by atoms with E-state index in [1.807, 2.05) is 13.8 Å². The molecule has 3 N–H and O–H groups in total. The molecule has 0 saturated heterocycles. The van der Waals surface area contributed by atoms with Crippen molar-refractivity contribution in [1.82, 2.24) is 15.0 Å². The molecule has 3 aromatic rings. The molecule has 29 heavy (non-hydrogen) atoms. The smallest absolute Gasteiger partial charge is 0.279 e. The molecular formula is C20H24F2N4O3. The SMILES string of the molecule is CC.Cc1ccc(Nc2c(C(=O)NOCCO)c3cc(F)cnc3n2C)c(F)c1. The number of carbonyl (C=O) groups is 1. The zero-order chi connectivity index (χ0) is 21.6. The number of carbonyl (C=O) groups excluding carboxylic acids is 1. The highest BCUT2D eigenvalue weighted by Crippen LogP contribution is 2.32. The maximum atomic E-state index is 14.3. The second-order valence-corrected chi connectivity index (χ2v) is 5.92. The van der Waals surface area contributed by atoms with E-state index < -0.39 is 17.5 Å². The molecule has 1 amide bonds. The number of aromatic nitrogens is 2. The Morgan fingerprint density at radius 2 is 2.00 bits per heavy atom. The van der Waals surface area contributed by atoms with Gasteiger partial charge in [0.1, 0.15) is 23.1 Å². The summed E-state index contributed by atoms with van der Waals surface area (Å²) >= 11 is 0. The van der Waals surface area contributed by atoms with Crippen LogP contribution in [0.2, 0.25) is 0 Å². The monoisotopic (exact) mass is 406 g/mol. The summed E-state index contributed by atoms with van der Waals surface area (Å²) in [6.07, 6.45) is 1.03. The van der Waals surface area contributed by atoms with Crippen molar-refractivity contribution in [2.24, 2.45) is 7.05 Å². The molecule has 0 aliphatic carbocycles. The van der Waals surface area contributed by atoms with Crippen LogP contribution in [0.15, 0.2) is 30.5 Å². The number of nitrogens with zero attached hydrogens (tertiary/aromatic N) is 2. The van der Waals surface area contributed by atoms with Crippen LogP contribution in [0.5, 0.6) is 0 Å². The molecule has 2 heterocycles. The summed E-state index contributed by atoms with van der Waals surface area (Å²) < 4.78 is 29.5. The fourth-order valence-electron chi connectivity index (χ4n) is 2.72. The number of aliphatic hydroxyl groups is 1. The van der Waals surface area contributed by atoms with Crippen molar-refractivity contribution in [2.75, 3.05) is 18.5 Å². The lowest BCUT2D eigenvalue weighted by molar-refractivity contribution is 0.0170. The highest BCUT2D eigenvalue weighted by atomic mass is 19.1. The molecule has 0 aliphatic heterocycles. The second kappa shape index (κ2) is 9.94. The Morgan fingerprint density at radius 3 is 2.66 bits per heavy atom. The van der Waals surface area contributed by atoms with E-state index in [2.05, 4.69) is 15.8 Å². The maximum Gasteiger partial charge on any atom is 0.279 e. The Balaban J connectivity index is 0.00000145. The summed E-state index contributed by atoms with van der Waals surface area (Å²) in [5, 5.41) is 11.9. The summed E-state index contributed by atoms with van der Waals surface area (Å²) in [6.45, 7) is 5.36. The van der Waals surface area contributed by atoms with Gasteiger partial charge in [-0.25, -0.2) is 19.2 Å². The van der Waals surface area contributed by atoms with Crippen molar-refractivity contribution in [3.8, 4) is 0 Å². The van der Waals surface area contributed by atoms with Gasteiger partial charge in [-0.2, -0.15) is 0 Å². The van der Waals surface area contributed by atoms with Crippen LogP contribution < -0.4 is 10.8 Å². The Hall–Kier alpha value is -3.04. The number of hydrogen-bond donors (Lipinski definition) is 3. The van der Waals surface area contributed by atoms with Crippen LogP contribution in [0.25, 0.3) is 11.0 Å². The van der Waals surface area contributed by atoms with Crippen LogP contribution in [-0.4, -0.2) is 33.8 Å². The number of rotatable bonds is 6. The Kier molecular flexibility index (Phi) is 7.63. The Labute approximate surface area is 167 Å². The minimum Gasteiger partial charge on any atom is -0.394 e. The zero-order valence-corrected chi connectivity index (χ0v) is 16.7. The van der Waals surface area contributed by atoms with E-state index >= 15 is 0 Å². The molecule has 0 spiro atoms. The van der Waals surface area contributed by atoms with Gasteiger partial charge in [-0.1, -0.05) is 19.9 Å². The van der Waals surface area contributed by atoms with E-state index in [0.717, 1.165) is 11.8 Å². The molecule has 0 unspecified atom stereocenters. The van der Waals surface area contributed by atoms with Crippen LogP contribution in [0.4, 0.5) is 20.3 Å². The van der Waals surface area contributed by atoms with E-state index in [-0.39, 0.29) is 35.7 Å². The number of amides is 1. The number of anilines is 2. The van der Waals surface area contributed by atoms with Gasteiger partial charge < -0.3 is 15.0 Å². The van der Waals surface area contributed by atoms with Crippen LogP contribution in [-0.2, 0) is 11.9 Å². The first-order chi connectivity index (χ1) is 13.9. The molecule has 0 saturated carbocycles. The molecule has 1 aromatic carbocycles. The number of nitrogens with one attached hydrogen (secondary N) is 2. The molecule has 7 nitrogen and oxygen atoms in total. The van der Waals surface area contributed by atoms with E-state index in [0.29, 0.717) is 5.65 Å². The molecule has 3 rings (SSSR count). The molecular weight excluding hydrogens is 382 g/mol. The lowest BCUT2D eigenvalue weighted by Gasteiger charge is -2.12. The van der Waals surface area contributed by atoms with Gasteiger partial charge in [0.15, 0.2) is 0 Å². The fraction of sp³-hybridized carbons (Fsp3) is 0.300. The Morgan fingerprint density at radius 1 is 1.28 bits per heavy atom. The first-order valence-corrected chi connectivity index (χ1v) is 9.12. The van der Waals surface area contributed by atoms with Crippen LogP contribution >= 0.6 is 0 Å². The summed E-state index contributed by atoms with van der Waals surface area (Å²) in [7, 11) is 1.62. The highest BCUT2D eigenvalue weighted by molar-refractivity contribution is 6.11. The lowest BCUT2D eigenvalue weighted by atomic mass is 10.2. The molecule has 0 aliphatic rings. The summed E-state index contributed by atoms with van der Waals surface area (Å²) in [4.78, 5) is 21.5. The number of benzene rings is 1. The van der Waals surface area contributed by atoms with Crippen molar-refractivity contribution < 1.29 is 23.5 Å². The number of fused-ring (bicyclic) bond motifs is 1. The quantitative estimate of drug-likeness (QED) is 0.430. The standard InChI is InChI=1S/C18H18F2N4O3.C2H6/c1-10-3-4-14(13(20)7-10)22-17-15(18(26)23-27-6-5-25)12-8-11(19)9-21-16(12)24(17)2;1-2/h3-4,7-9,22,25H,5-6H2,1-2H3,(H,23,26);1-2H3. The van der Waals surface area contributed by atoms with Crippen LogP contribution in [0.3, 0.4) is 0 Å². The topological polar surface area (TPSA) is 88.4 Å². The molecule has 2 aromatic heterocycles. The van der Waals surface area contributed by atoms with Gasteiger partial charge in [-0.05, 0) is 30.7 Å².